The fraction of sp³-hybridized carbons (Fsp3) is 0.278. The Kier molecular flexibility index (Phi) is 5.96. The summed E-state index contributed by atoms with van der Waals surface area (Å²) >= 11 is 1.45. The van der Waals surface area contributed by atoms with Crippen molar-refractivity contribution in [1.82, 2.24) is 5.32 Å². The lowest BCUT2D eigenvalue weighted by atomic mass is 10.2. The topological polar surface area (TPSA) is 90.7 Å². The summed E-state index contributed by atoms with van der Waals surface area (Å²) in [4.78, 5) is 22.1. The summed E-state index contributed by atoms with van der Waals surface area (Å²) in [6.07, 6.45) is -0.214. The summed E-state index contributed by atoms with van der Waals surface area (Å²) < 4.78 is 11.4. The molecule has 1 N–H and O–H groups in total. The second-order valence-corrected chi connectivity index (χ2v) is 6.70. The predicted octanol–water partition coefficient (Wildman–Crippen LogP) is 2.78. The normalized spacial score (nSPS) is 15.3. The second-order valence-electron chi connectivity index (χ2n) is 5.72. The molecule has 0 unspecified atom stereocenters. The van der Waals surface area contributed by atoms with E-state index in [4.69, 9.17) is 9.47 Å². The number of hydrogen-bond donors (Lipinski definition) is 1. The van der Waals surface area contributed by atoms with Gasteiger partial charge in [-0.05, 0) is 17.7 Å². The van der Waals surface area contributed by atoms with Crippen molar-refractivity contribution in [1.29, 1.82) is 0 Å². The number of nitro benzene ring substituents is 1. The Morgan fingerprint density at radius 1 is 1.19 bits per heavy atom. The first kappa shape index (κ1) is 18.1. The first-order valence-electron chi connectivity index (χ1n) is 8.08. The fourth-order valence-corrected chi connectivity index (χ4v) is 3.24. The van der Waals surface area contributed by atoms with E-state index in [9.17, 15) is 14.9 Å². The van der Waals surface area contributed by atoms with Crippen LogP contribution in [0.4, 0.5) is 5.69 Å². The Balaban J connectivity index is 1.36. The lowest BCUT2D eigenvalue weighted by Gasteiger charge is -2.26. The number of nitro groups is 1. The molecule has 1 atom stereocenters. The largest absolute Gasteiger partial charge is 0.486 e. The molecule has 26 heavy (non-hydrogen) atoms. The van der Waals surface area contributed by atoms with E-state index in [1.54, 1.807) is 12.1 Å². The number of fused-ring (bicyclic) bond motifs is 1. The maximum atomic E-state index is 11.9. The van der Waals surface area contributed by atoms with Crippen molar-refractivity contribution < 1.29 is 19.2 Å². The molecule has 136 valence electrons. The molecule has 0 aromatic heterocycles. The van der Waals surface area contributed by atoms with Gasteiger partial charge in [-0.1, -0.05) is 24.3 Å². The van der Waals surface area contributed by atoms with E-state index in [1.165, 1.54) is 23.9 Å². The summed E-state index contributed by atoms with van der Waals surface area (Å²) in [7, 11) is 0. The summed E-state index contributed by atoms with van der Waals surface area (Å²) in [5.41, 5.74) is 1.00. The SMILES string of the molecule is O=C(CSCc1ccc([N+](=O)[O-])cc1)NC[C@@H]1COc2ccccc2O1. The van der Waals surface area contributed by atoms with Gasteiger partial charge >= 0.3 is 0 Å². The van der Waals surface area contributed by atoms with Gasteiger partial charge < -0.3 is 14.8 Å². The molecular formula is C18H18N2O5S. The van der Waals surface area contributed by atoms with E-state index in [1.807, 2.05) is 24.3 Å². The van der Waals surface area contributed by atoms with Crippen molar-refractivity contribution in [3.05, 3.63) is 64.2 Å². The number of nitrogens with zero attached hydrogens (tertiary/aromatic N) is 1. The van der Waals surface area contributed by atoms with Gasteiger partial charge in [0.2, 0.25) is 5.91 Å². The zero-order valence-electron chi connectivity index (χ0n) is 13.9. The van der Waals surface area contributed by atoms with Gasteiger partial charge in [0.05, 0.1) is 17.2 Å². The average molecular weight is 374 g/mol. The Morgan fingerprint density at radius 3 is 2.65 bits per heavy atom. The zero-order valence-corrected chi connectivity index (χ0v) is 14.7. The van der Waals surface area contributed by atoms with Crippen molar-refractivity contribution in [2.75, 3.05) is 18.9 Å². The van der Waals surface area contributed by atoms with Crippen LogP contribution in [-0.4, -0.2) is 35.8 Å². The number of nitrogens with one attached hydrogen (secondary N) is 1. The second kappa shape index (κ2) is 8.57. The predicted molar refractivity (Wildman–Crippen MR) is 98.6 cm³/mol. The molecule has 8 heteroatoms. The molecule has 0 saturated carbocycles. The minimum Gasteiger partial charge on any atom is -0.486 e. The van der Waals surface area contributed by atoms with Gasteiger partial charge in [-0.15, -0.1) is 11.8 Å². The molecule has 0 radical (unpaired) electrons. The van der Waals surface area contributed by atoms with Crippen LogP contribution in [0.1, 0.15) is 5.56 Å². The monoisotopic (exact) mass is 374 g/mol. The summed E-state index contributed by atoms with van der Waals surface area (Å²) in [6.45, 7) is 0.776. The van der Waals surface area contributed by atoms with E-state index < -0.39 is 4.92 Å². The van der Waals surface area contributed by atoms with Crippen LogP contribution in [0, 0.1) is 10.1 Å². The van der Waals surface area contributed by atoms with Crippen molar-refractivity contribution >= 4 is 23.4 Å². The van der Waals surface area contributed by atoms with Crippen molar-refractivity contribution in [3.63, 3.8) is 0 Å². The van der Waals surface area contributed by atoms with Crippen LogP contribution in [0.2, 0.25) is 0 Å². The first-order chi connectivity index (χ1) is 12.6. The molecule has 7 nitrogen and oxygen atoms in total. The van der Waals surface area contributed by atoms with Crippen molar-refractivity contribution in [3.8, 4) is 11.5 Å². The van der Waals surface area contributed by atoms with Crippen LogP contribution in [0.3, 0.4) is 0 Å². The molecule has 0 fully saturated rings. The number of carbonyl (C=O) groups excluding carboxylic acids is 1. The number of rotatable bonds is 7. The summed E-state index contributed by atoms with van der Waals surface area (Å²) in [6, 6.07) is 13.8. The maximum Gasteiger partial charge on any atom is 0.269 e. The van der Waals surface area contributed by atoms with E-state index >= 15 is 0 Å². The third-order valence-corrected chi connectivity index (χ3v) is 4.75. The number of amides is 1. The minimum absolute atomic E-state index is 0.0627. The van der Waals surface area contributed by atoms with Gasteiger partial charge in [0.15, 0.2) is 11.5 Å². The molecule has 1 aliphatic heterocycles. The molecule has 1 aliphatic rings. The standard InChI is InChI=1S/C18H18N2O5S/c21-18(12-26-11-13-5-7-14(8-6-13)20(22)23)19-9-15-10-24-16-3-1-2-4-17(16)25-15/h1-8,15H,9-12H2,(H,19,21)/t15-/m1/s1. The molecule has 1 heterocycles. The summed E-state index contributed by atoms with van der Waals surface area (Å²) in [5, 5.41) is 13.5. The van der Waals surface area contributed by atoms with Crippen LogP contribution in [0.15, 0.2) is 48.5 Å². The van der Waals surface area contributed by atoms with Gasteiger partial charge in [-0.3, -0.25) is 14.9 Å². The van der Waals surface area contributed by atoms with Gasteiger partial charge in [0.1, 0.15) is 12.7 Å². The Morgan fingerprint density at radius 2 is 1.92 bits per heavy atom. The van der Waals surface area contributed by atoms with Crippen LogP contribution in [0.25, 0.3) is 0 Å². The molecular weight excluding hydrogens is 356 g/mol. The molecule has 0 saturated heterocycles. The van der Waals surface area contributed by atoms with Crippen molar-refractivity contribution in [2.45, 2.75) is 11.9 Å². The first-order valence-corrected chi connectivity index (χ1v) is 9.23. The fourth-order valence-electron chi connectivity index (χ4n) is 2.42. The number of ether oxygens (including phenoxy) is 2. The van der Waals surface area contributed by atoms with E-state index in [0.717, 1.165) is 5.56 Å². The van der Waals surface area contributed by atoms with Gasteiger partial charge in [0.25, 0.3) is 5.69 Å². The molecule has 0 aliphatic carbocycles. The van der Waals surface area contributed by atoms with E-state index in [0.29, 0.717) is 36.2 Å². The number of benzene rings is 2. The highest BCUT2D eigenvalue weighted by Gasteiger charge is 2.20. The third kappa shape index (κ3) is 4.89. The highest BCUT2D eigenvalue weighted by molar-refractivity contribution is 7.99. The quantitative estimate of drug-likeness (QED) is 0.592. The number of carbonyl (C=O) groups is 1. The molecule has 0 spiro atoms. The Bertz CT molecular complexity index is 781. The molecule has 1 amide bonds. The maximum absolute atomic E-state index is 11.9. The molecule has 2 aromatic carbocycles. The summed E-state index contributed by atoms with van der Waals surface area (Å²) in [5.74, 6) is 2.24. The van der Waals surface area contributed by atoms with Crippen LogP contribution < -0.4 is 14.8 Å². The molecule has 0 bridgehead atoms. The van der Waals surface area contributed by atoms with Gasteiger partial charge in [-0.2, -0.15) is 0 Å². The molecule has 2 aromatic rings. The average Bonchev–Trinajstić information content (AvgIpc) is 2.66. The van der Waals surface area contributed by atoms with E-state index in [2.05, 4.69) is 5.32 Å². The number of hydrogen-bond acceptors (Lipinski definition) is 6. The minimum atomic E-state index is -0.431. The lowest BCUT2D eigenvalue weighted by molar-refractivity contribution is -0.384. The van der Waals surface area contributed by atoms with Gasteiger partial charge in [-0.25, -0.2) is 0 Å². The number of para-hydroxylation sites is 2. The number of thioether (sulfide) groups is 1. The zero-order chi connectivity index (χ0) is 18.4. The van der Waals surface area contributed by atoms with Crippen LogP contribution in [-0.2, 0) is 10.5 Å². The van der Waals surface area contributed by atoms with Gasteiger partial charge in [0, 0.05) is 17.9 Å². The Labute approximate surface area is 154 Å². The lowest BCUT2D eigenvalue weighted by Crippen LogP contribution is -2.41. The van der Waals surface area contributed by atoms with E-state index in [-0.39, 0.29) is 17.7 Å². The van der Waals surface area contributed by atoms with Crippen LogP contribution in [0.5, 0.6) is 11.5 Å². The third-order valence-electron chi connectivity index (χ3n) is 3.74. The molecule has 3 rings (SSSR count). The van der Waals surface area contributed by atoms with Crippen LogP contribution >= 0.6 is 11.8 Å². The highest BCUT2D eigenvalue weighted by Crippen LogP contribution is 2.30. The highest BCUT2D eigenvalue weighted by atomic mass is 32.2. The smallest absolute Gasteiger partial charge is 0.269 e. The Hall–Kier alpha value is -2.74. The van der Waals surface area contributed by atoms with Crippen molar-refractivity contribution in [2.24, 2.45) is 0 Å². The number of non-ortho nitro benzene ring substituents is 1.